The Bertz CT molecular complexity index is 368. The molecule has 0 aliphatic rings. The van der Waals surface area contributed by atoms with Crippen molar-refractivity contribution in [1.29, 1.82) is 0 Å². The molecule has 15 heavy (non-hydrogen) atoms. The molecule has 0 saturated carbocycles. The van der Waals surface area contributed by atoms with Crippen molar-refractivity contribution in [2.75, 3.05) is 11.5 Å². The fourth-order valence-electron chi connectivity index (χ4n) is 1.11. The molecule has 0 heterocycles. The first-order chi connectivity index (χ1) is 6.60. The summed E-state index contributed by atoms with van der Waals surface area (Å²) in [5.41, 5.74) is 0. The molecule has 0 aromatic rings. The maximum Gasteiger partial charge on any atom is 0.264 e. The summed E-state index contributed by atoms with van der Waals surface area (Å²) in [6.07, 6.45) is 1.06. The Labute approximate surface area is 90.2 Å². The Morgan fingerprint density at radius 3 is 1.80 bits per heavy atom. The van der Waals surface area contributed by atoms with E-state index in [1.165, 1.54) is 0 Å². The molecule has 0 radical (unpaired) electrons. The second-order valence-electron chi connectivity index (χ2n) is 3.61. The molecule has 6 nitrogen and oxygen atoms in total. The lowest BCUT2D eigenvalue weighted by Crippen LogP contribution is -2.10. The summed E-state index contributed by atoms with van der Waals surface area (Å²) < 4.78 is 58.4. The molecule has 2 N–H and O–H groups in total. The molecule has 1 unspecified atom stereocenters. The van der Waals surface area contributed by atoms with Crippen LogP contribution >= 0.6 is 0 Å². The molecule has 0 spiro atoms. The molecule has 0 bridgehead atoms. The van der Waals surface area contributed by atoms with Gasteiger partial charge >= 0.3 is 0 Å². The fraction of sp³-hybridized carbons (Fsp3) is 1.00. The van der Waals surface area contributed by atoms with Gasteiger partial charge in [0.05, 0.1) is 11.5 Å². The molecule has 0 aliphatic carbocycles. The molecule has 8 heteroatoms. The molecule has 0 rings (SSSR count). The molecule has 0 saturated heterocycles. The van der Waals surface area contributed by atoms with Gasteiger partial charge in [-0.05, 0) is 25.2 Å². The first kappa shape index (κ1) is 14.8. The summed E-state index contributed by atoms with van der Waals surface area (Å²) in [6, 6.07) is 0. The van der Waals surface area contributed by atoms with E-state index in [2.05, 4.69) is 0 Å². The minimum Gasteiger partial charge on any atom is -0.286 e. The van der Waals surface area contributed by atoms with E-state index in [-0.39, 0.29) is 30.3 Å². The smallest absolute Gasteiger partial charge is 0.264 e. The maximum absolute atomic E-state index is 10.4. The zero-order valence-electron chi connectivity index (χ0n) is 8.46. The van der Waals surface area contributed by atoms with Crippen molar-refractivity contribution in [2.45, 2.75) is 26.2 Å². The van der Waals surface area contributed by atoms with E-state index >= 15 is 0 Å². The van der Waals surface area contributed by atoms with Gasteiger partial charge in [0.15, 0.2) is 0 Å². The predicted molar refractivity (Wildman–Crippen MR) is 55.8 cm³/mol. The van der Waals surface area contributed by atoms with Crippen LogP contribution in [0, 0.1) is 5.92 Å². The molecule has 92 valence electrons. The average Bonchev–Trinajstić information content (AvgIpc) is 1.97. The van der Waals surface area contributed by atoms with Gasteiger partial charge in [0.1, 0.15) is 0 Å². The summed E-state index contributed by atoms with van der Waals surface area (Å²) in [5.74, 6) is -0.642. The second kappa shape index (κ2) is 5.78. The number of rotatable bonds is 7. The maximum atomic E-state index is 10.4. The van der Waals surface area contributed by atoms with Crippen molar-refractivity contribution < 1.29 is 25.9 Å². The van der Waals surface area contributed by atoms with E-state index in [1.807, 2.05) is 0 Å². The monoisotopic (exact) mass is 260 g/mol. The lowest BCUT2D eigenvalue weighted by atomic mass is 10.0. The Balaban J connectivity index is 3.72. The van der Waals surface area contributed by atoms with E-state index in [1.54, 1.807) is 6.92 Å². The van der Waals surface area contributed by atoms with Crippen LogP contribution < -0.4 is 0 Å². The lowest BCUT2D eigenvalue weighted by molar-refractivity contribution is 0.451. The van der Waals surface area contributed by atoms with Gasteiger partial charge in [-0.1, -0.05) is 6.92 Å². The second-order valence-corrected chi connectivity index (χ2v) is 6.75. The van der Waals surface area contributed by atoms with Crippen LogP contribution in [-0.2, 0) is 20.2 Å². The molecule has 0 aliphatic heterocycles. The Morgan fingerprint density at radius 1 is 0.933 bits per heavy atom. The predicted octanol–water partition coefficient (Wildman–Crippen LogP) is 0.568. The Hall–Kier alpha value is -0.180. The summed E-state index contributed by atoms with van der Waals surface area (Å²) >= 11 is 0. The van der Waals surface area contributed by atoms with Gasteiger partial charge in [0.2, 0.25) is 0 Å². The summed E-state index contributed by atoms with van der Waals surface area (Å²) in [4.78, 5) is 0. The van der Waals surface area contributed by atoms with Gasteiger partial charge < -0.3 is 0 Å². The highest BCUT2D eigenvalue weighted by molar-refractivity contribution is 7.86. The molecule has 0 amide bonds. The van der Waals surface area contributed by atoms with Crippen LogP contribution in [-0.4, -0.2) is 37.4 Å². The third kappa shape index (κ3) is 11.7. The van der Waals surface area contributed by atoms with Crippen molar-refractivity contribution >= 4 is 20.2 Å². The Morgan fingerprint density at radius 2 is 1.40 bits per heavy atom. The van der Waals surface area contributed by atoms with Crippen molar-refractivity contribution in [2.24, 2.45) is 5.92 Å². The van der Waals surface area contributed by atoms with Crippen LogP contribution in [0.4, 0.5) is 0 Å². The quantitative estimate of drug-likeness (QED) is 0.648. The lowest BCUT2D eigenvalue weighted by Gasteiger charge is -2.08. The van der Waals surface area contributed by atoms with E-state index < -0.39 is 20.2 Å². The van der Waals surface area contributed by atoms with E-state index in [0.717, 1.165) is 0 Å². The highest BCUT2D eigenvalue weighted by Crippen LogP contribution is 2.11. The van der Waals surface area contributed by atoms with Gasteiger partial charge in [-0.25, -0.2) is 0 Å². The molecule has 1 atom stereocenters. The summed E-state index contributed by atoms with van der Waals surface area (Å²) in [6.45, 7) is 1.76. The van der Waals surface area contributed by atoms with Crippen LogP contribution in [0.3, 0.4) is 0 Å². The van der Waals surface area contributed by atoms with Gasteiger partial charge in [0, 0.05) is 0 Å². The first-order valence-corrected chi connectivity index (χ1v) is 7.72. The fourth-order valence-corrected chi connectivity index (χ4v) is 2.34. The minimum absolute atomic E-state index is 0.00586. The molecule has 0 fully saturated rings. The topological polar surface area (TPSA) is 109 Å². The normalized spacial score (nSPS) is 15.1. The summed E-state index contributed by atoms with van der Waals surface area (Å²) in [5, 5.41) is 0. The van der Waals surface area contributed by atoms with Crippen molar-refractivity contribution in [3.63, 3.8) is 0 Å². The zero-order valence-corrected chi connectivity index (χ0v) is 10.1. The number of hydrogen-bond acceptors (Lipinski definition) is 4. The van der Waals surface area contributed by atoms with Gasteiger partial charge in [-0.2, -0.15) is 16.8 Å². The van der Waals surface area contributed by atoms with E-state index in [9.17, 15) is 16.8 Å². The molecule has 0 aromatic heterocycles. The van der Waals surface area contributed by atoms with E-state index in [4.69, 9.17) is 9.11 Å². The molecular weight excluding hydrogens is 244 g/mol. The van der Waals surface area contributed by atoms with Gasteiger partial charge in [0.25, 0.3) is 20.2 Å². The first-order valence-electron chi connectivity index (χ1n) is 4.50. The third-order valence-electron chi connectivity index (χ3n) is 1.97. The highest BCUT2D eigenvalue weighted by atomic mass is 32.2. The van der Waals surface area contributed by atoms with Crippen LogP contribution in [0.25, 0.3) is 0 Å². The molecular formula is C7H16O6S2. The number of hydrogen-bond donors (Lipinski definition) is 2. The summed E-state index contributed by atoms with van der Waals surface area (Å²) in [7, 11) is -7.87. The zero-order chi connectivity index (χ0) is 12.1. The van der Waals surface area contributed by atoms with Gasteiger partial charge in [-0.3, -0.25) is 9.11 Å². The standard InChI is InChI=1S/C7H16O6S2/c1-7(4-6-15(11,12)13)3-2-5-14(8,9)10/h7H,2-6H2,1H3,(H,8,9,10)(H,11,12,13). The van der Waals surface area contributed by atoms with Crippen LogP contribution in [0.15, 0.2) is 0 Å². The van der Waals surface area contributed by atoms with Crippen LogP contribution in [0.5, 0.6) is 0 Å². The van der Waals surface area contributed by atoms with Crippen LogP contribution in [0.2, 0.25) is 0 Å². The largest absolute Gasteiger partial charge is 0.286 e. The highest BCUT2D eigenvalue weighted by Gasteiger charge is 2.11. The average molecular weight is 260 g/mol. The third-order valence-corrected chi connectivity index (χ3v) is 3.52. The minimum atomic E-state index is -3.94. The van der Waals surface area contributed by atoms with Crippen LogP contribution in [0.1, 0.15) is 26.2 Å². The van der Waals surface area contributed by atoms with Crippen molar-refractivity contribution in [3.05, 3.63) is 0 Å². The van der Waals surface area contributed by atoms with E-state index in [0.29, 0.717) is 6.42 Å². The molecule has 0 aromatic carbocycles. The Kier molecular flexibility index (Phi) is 5.71. The van der Waals surface area contributed by atoms with Crippen molar-refractivity contribution in [3.8, 4) is 0 Å². The van der Waals surface area contributed by atoms with Gasteiger partial charge in [-0.15, -0.1) is 0 Å². The van der Waals surface area contributed by atoms with Crippen molar-refractivity contribution in [1.82, 2.24) is 0 Å². The SMILES string of the molecule is CC(CCCS(=O)(=O)O)CCS(=O)(=O)O.